The number of ether oxygens (including phenoxy) is 1. The molecule has 0 spiro atoms. The minimum atomic E-state index is -0.654. The van der Waals surface area contributed by atoms with Gasteiger partial charge in [0.25, 0.3) is 5.56 Å². The Labute approximate surface area is 247 Å². The van der Waals surface area contributed by atoms with Gasteiger partial charge in [0.1, 0.15) is 0 Å². The third kappa shape index (κ3) is 5.07. The smallest absolute Gasteiger partial charge is 0.338 e. The molecule has 0 saturated heterocycles. The van der Waals surface area contributed by atoms with Crippen molar-refractivity contribution in [1.82, 2.24) is 9.13 Å². The summed E-state index contributed by atoms with van der Waals surface area (Å²) in [6.45, 7) is 7.75. The van der Waals surface area contributed by atoms with Crippen molar-refractivity contribution in [2.24, 2.45) is 4.99 Å². The van der Waals surface area contributed by atoms with Crippen LogP contribution in [-0.4, -0.2) is 21.7 Å². The zero-order chi connectivity index (χ0) is 28.0. The normalized spacial score (nSPS) is 15.4. The third-order valence-corrected chi connectivity index (χ3v) is 8.87. The number of carbonyl (C=O) groups excluding carboxylic acids is 1. The molecule has 3 heterocycles. The number of thiazole rings is 1. The summed E-state index contributed by atoms with van der Waals surface area (Å²) in [5.74, 6) is -0.480. The molecular weight excluding hydrogens is 621 g/mol. The second-order valence-electron chi connectivity index (χ2n) is 9.11. The van der Waals surface area contributed by atoms with Gasteiger partial charge in [-0.05, 0) is 81.3 Å². The maximum Gasteiger partial charge on any atom is 0.338 e. The lowest BCUT2D eigenvalue weighted by Crippen LogP contribution is -2.39. The first-order chi connectivity index (χ1) is 18.6. The highest BCUT2D eigenvalue weighted by atomic mass is 79.9. The van der Waals surface area contributed by atoms with Crippen LogP contribution in [0.2, 0.25) is 10.0 Å². The van der Waals surface area contributed by atoms with E-state index in [0.717, 1.165) is 32.7 Å². The van der Waals surface area contributed by atoms with E-state index in [-0.39, 0.29) is 12.2 Å². The number of aryl methyl sites for hydroxylation is 1. The SMILES string of the molecule is CCOC(=O)C1=C(C)N=c2sc(=Cc3cc(C)n(-c4ccc(Cl)c(Cl)c4)c3C)c(=O)n2C1c1ccc(Br)cc1. The Morgan fingerprint density at radius 2 is 1.82 bits per heavy atom. The molecule has 0 bridgehead atoms. The molecule has 39 heavy (non-hydrogen) atoms. The quantitative estimate of drug-likeness (QED) is 0.240. The van der Waals surface area contributed by atoms with Crippen LogP contribution in [0.4, 0.5) is 0 Å². The van der Waals surface area contributed by atoms with Gasteiger partial charge in [0, 0.05) is 21.5 Å². The summed E-state index contributed by atoms with van der Waals surface area (Å²) in [5.41, 5.74) is 5.17. The molecule has 2 aromatic heterocycles. The van der Waals surface area contributed by atoms with E-state index in [1.54, 1.807) is 24.5 Å². The maximum atomic E-state index is 13.9. The van der Waals surface area contributed by atoms with Crippen LogP contribution in [0.3, 0.4) is 0 Å². The molecule has 0 saturated carbocycles. The summed E-state index contributed by atoms with van der Waals surface area (Å²) < 4.78 is 10.4. The first-order valence-corrected chi connectivity index (χ1v) is 14.6. The summed E-state index contributed by atoms with van der Waals surface area (Å²) in [6.07, 6.45) is 1.88. The third-order valence-electron chi connectivity index (χ3n) is 6.62. The molecule has 5 rings (SSSR count). The van der Waals surface area contributed by atoms with Crippen LogP contribution < -0.4 is 14.9 Å². The summed E-state index contributed by atoms with van der Waals surface area (Å²) >= 11 is 17.2. The molecule has 0 fully saturated rings. The van der Waals surface area contributed by atoms with Crippen LogP contribution in [0.15, 0.2) is 74.1 Å². The Morgan fingerprint density at radius 1 is 1.10 bits per heavy atom. The van der Waals surface area contributed by atoms with E-state index in [4.69, 9.17) is 27.9 Å². The van der Waals surface area contributed by atoms with E-state index >= 15 is 0 Å². The molecule has 200 valence electrons. The summed E-state index contributed by atoms with van der Waals surface area (Å²) in [4.78, 5) is 32.2. The zero-order valence-corrected chi connectivity index (χ0v) is 25.5. The lowest BCUT2D eigenvalue weighted by molar-refractivity contribution is -0.139. The minimum Gasteiger partial charge on any atom is -0.463 e. The number of benzene rings is 2. The van der Waals surface area contributed by atoms with E-state index in [1.807, 2.05) is 62.4 Å². The standard InChI is InChI=1S/C29H24BrCl2N3O3S/c1-5-38-28(37)25-16(3)33-29-35(26(25)18-6-8-20(30)9-7-18)27(36)24(39-29)13-19-12-15(2)34(17(19)4)21-10-11-22(31)23(32)14-21/h6-14,26H,5H2,1-4H3. The number of hydrogen-bond acceptors (Lipinski definition) is 5. The van der Waals surface area contributed by atoms with Gasteiger partial charge in [-0.15, -0.1) is 0 Å². The van der Waals surface area contributed by atoms with Gasteiger partial charge in [0.05, 0.1) is 38.5 Å². The fourth-order valence-electron chi connectivity index (χ4n) is 4.85. The van der Waals surface area contributed by atoms with Gasteiger partial charge >= 0.3 is 5.97 Å². The van der Waals surface area contributed by atoms with Gasteiger partial charge in [0.15, 0.2) is 4.80 Å². The largest absolute Gasteiger partial charge is 0.463 e. The number of aromatic nitrogens is 2. The Kier molecular flexibility index (Phi) is 7.75. The molecular formula is C29H24BrCl2N3O3S. The lowest BCUT2D eigenvalue weighted by atomic mass is 9.96. The van der Waals surface area contributed by atoms with Gasteiger partial charge in [-0.25, -0.2) is 9.79 Å². The predicted octanol–water partition coefficient (Wildman–Crippen LogP) is 6.28. The van der Waals surface area contributed by atoms with Crippen LogP contribution in [0, 0.1) is 13.8 Å². The Hall–Kier alpha value is -2.91. The van der Waals surface area contributed by atoms with Crippen molar-refractivity contribution in [2.75, 3.05) is 6.61 Å². The monoisotopic (exact) mass is 643 g/mol. The average molecular weight is 645 g/mol. The van der Waals surface area contributed by atoms with Gasteiger partial charge in [-0.3, -0.25) is 9.36 Å². The Bertz CT molecular complexity index is 1830. The van der Waals surface area contributed by atoms with Crippen molar-refractivity contribution < 1.29 is 9.53 Å². The van der Waals surface area contributed by atoms with E-state index < -0.39 is 12.0 Å². The molecule has 0 N–H and O–H groups in total. The highest BCUT2D eigenvalue weighted by molar-refractivity contribution is 9.10. The Balaban J connectivity index is 1.68. The molecule has 6 nitrogen and oxygen atoms in total. The summed E-state index contributed by atoms with van der Waals surface area (Å²) in [6, 6.07) is 14.4. The molecule has 1 aliphatic heterocycles. The number of carbonyl (C=O) groups is 1. The second-order valence-corrected chi connectivity index (χ2v) is 11.9. The van der Waals surface area contributed by atoms with E-state index in [9.17, 15) is 9.59 Å². The predicted molar refractivity (Wildman–Crippen MR) is 160 cm³/mol. The molecule has 2 aromatic carbocycles. The van der Waals surface area contributed by atoms with Crippen LogP contribution in [0.25, 0.3) is 11.8 Å². The number of nitrogens with zero attached hydrogens (tertiary/aromatic N) is 3. The number of allylic oxidation sites excluding steroid dienone is 1. The molecule has 0 amide bonds. The van der Waals surface area contributed by atoms with Crippen molar-refractivity contribution in [1.29, 1.82) is 0 Å². The van der Waals surface area contributed by atoms with Gasteiger partial charge < -0.3 is 9.30 Å². The fraction of sp³-hybridized carbons (Fsp3) is 0.207. The summed E-state index contributed by atoms with van der Waals surface area (Å²) in [7, 11) is 0. The van der Waals surface area contributed by atoms with Crippen molar-refractivity contribution >= 4 is 62.5 Å². The van der Waals surface area contributed by atoms with E-state index in [0.29, 0.717) is 30.6 Å². The van der Waals surface area contributed by atoms with Crippen LogP contribution >= 0.6 is 50.5 Å². The molecule has 0 aliphatic carbocycles. The maximum absolute atomic E-state index is 13.9. The molecule has 10 heteroatoms. The highest BCUT2D eigenvalue weighted by Gasteiger charge is 2.33. The number of esters is 1. The van der Waals surface area contributed by atoms with Crippen molar-refractivity contribution in [2.45, 2.75) is 33.7 Å². The van der Waals surface area contributed by atoms with Gasteiger partial charge in [-0.1, -0.05) is 62.6 Å². The van der Waals surface area contributed by atoms with Crippen LogP contribution in [0.5, 0.6) is 0 Å². The topological polar surface area (TPSA) is 65.6 Å². The van der Waals surface area contributed by atoms with Crippen molar-refractivity contribution in [3.8, 4) is 5.69 Å². The molecule has 0 radical (unpaired) electrons. The molecule has 1 aliphatic rings. The van der Waals surface area contributed by atoms with Crippen molar-refractivity contribution in [3.05, 3.63) is 117 Å². The van der Waals surface area contributed by atoms with Crippen molar-refractivity contribution in [3.63, 3.8) is 0 Å². The number of hydrogen-bond donors (Lipinski definition) is 0. The molecule has 1 unspecified atom stereocenters. The first-order valence-electron chi connectivity index (χ1n) is 12.2. The average Bonchev–Trinajstić information content (AvgIpc) is 3.35. The minimum absolute atomic E-state index is 0.222. The molecule has 1 atom stereocenters. The number of halogens is 3. The molecule has 4 aromatic rings. The van der Waals surface area contributed by atoms with Gasteiger partial charge in [-0.2, -0.15) is 0 Å². The zero-order valence-electron chi connectivity index (χ0n) is 21.6. The van der Waals surface area contributed by atoms with Crippen LogP contribution in [0.1, 0.15) is 42.4 Å². The summed E-state index contributed by atoms with van der Waals surface area (Å²) in [5, 5.41) is 0.958. The number of rotatable bonds is 5. The fourth-order valence-corrected chi connectivity index (χ4v) is 6.44. The Morgan fingerprint density at radius 3 is 2.49 bits per heavy atom. The van der Waals surface area contributed by atoms with E-state index in [1.165, 1.54) is 11.3 Å². The lowest BCUT2D eigenvalue weighted by Gasteiger charge is -2.24. The van der Waals surface area contributed by atoms with E-state index in [2.05, 4.69) is 25.5 Å². The van der Waals surface area contributed by atoms with Crippen LogP contribution in [-0.2, 0) is 9.53 Å². The van der Waals surface area contributed by atoms with Gasteiger partial charge in [0.2, 0.25) is 0 Å². The second kappa shape index (κ2) is 10.9. The first kappa shape index (κ1) is 27.6. The number of fused-ring (bicyclic) bond motifs is 1. The highest BCUT2D eigenvalue weighted by Crippen LogP contribution is 2.32.